The summed E-state index contributed by atoms with van der Waals surface area (Å²) >= 11 is 11.7. The minimum absolute atomic E-state index is 0.0360. The van der Waals surface area contributed by atoms with Crippen molar-refractivity contribution in [3.63, 3.8) is 0 Å². The first-order valence-electron chi connectivity index (χ1n) is 7.87. The quantitative estimate of drug-likeness (QED) is 0.614. The Labute approximate surface area is 164 Å². The van der Waals surface area contributed by atoms with Gasteiger partial charge in [0, 0.05) is 18.6 Å². The van der Waals surface area contributed by atoms with Gasteiger partial charge in [0.1, 0.15) is 11.6 Å². The molecule has 0 radical (unpaired) electrons. The third-order valence-corrected chi connectivity index (χ3v) is 4.38. The number of rotatable bonds is 6. The molecule has 0 spiro atoms. The molecular weight excluding hydrogens is 404 g/mol. The van der Waals surface area contributed by atoms with Crippen LogP contribution in [-0.4, -0.2) is 24.6 Å². The number of hydrogen-bond acceptors (Lipinski definition) is 2. The van der Waals surface area contributed by atoms with Gasteiger partial charge in [0.05, 0.1) is 11.1 Å². The minimum atomic E-state index is -2.89. The molecule has 2 amide bonds. The van der Waals surface area contributed by atoms with E-state index in [0.29, 0.717) is 5.56 Å². The number of ether oxygens (including phenoxy) is 1. The fourth-order valence-electron chi connectivity index (χ4n) is 2.36. The number of nitrogens with zero attached hydrogens (tertiary/aromatic N) is 1. The Morgan fingerprint density at radius 3 is 2.41 bits per heavy atom. The number of alkyl halides is 2. The molecule has 0 saturated heterocycles. The van der Waals surface area contributed by atoms with E-state index in [-0.39, 0.29) is 22.3 Å². The van der Waals surface area contributed by atoms with Gasteiger partial charge in [-0.25, -0.2) is 9.18 Å². The summed E-state index contributed by atoms with van der Waals surface area (Å²) in [7, 11) is 1.57. The fourth-order valence-corrected chi connectivity index (χ4v) is 2.91. The van der Waals surface area contributed by atoms with Crippen molar-refractivity contribution in [2.75, 3.05) is 7.05 Å². The first-order valence-corrected chi connectivity index (χ1v) is 8.62. The minimum Gasteiger partial charge on any atom is -0.435 e. The molecular formula is C18H17Cl2F3N2O2. The maximum atomic E-state index is 13.6. The largest absolute Gasteiger partial charge is 0.435 e. The summed E-state index contributed by atoms with van der Waals surface area (Å²) in [5.41, 5.74) is 1.12. The number of amides is 2. The smallest absolute Gasteiger partial charge is 0.387 e. The topological polar surface area (TPSA) is 41.6 Å². The Morgan fingerprint density at radius 1 is 1.19 bits per heavy atom. The molecule has 1 N–H and O–H groups in total. The van der Waals surface area contributed by atoms with Crippen LogP contribution in [0.25, 0.3) is 0 Å². The SMILES string of the molecule is CC(NC(=O)N(C)Cc1ccc(OC(F)F)cc1)c1cc(F)c(Cl)cc1Cl. The van der Waals surface area contributed by atoms with E-state index in [0.717, 1.165) is 5.56 Å². The van der Waals surface area contributed by atoms with Crippen molar-refractivity contribution < 1.29 is 22.7 Å². The lowest BCUT2D eigenvalue weighted by atomic mass is 10.1. The van der Waals surface area contributed by atoms with Crippen LogP contribution in [0.2, 0.25) is 10.0 Å². The van der Waals surface area contributed by atoms with Crippen LogP contribution in [0.5, 0.6) is 5.75 Å². The second-order valence-electron chi connectivity index (χ2n) is 5.84. The highest BCUT2D eigenvalue weighted by atomic mass is 35.5. The molecule has 0 saturated carbocycles. The van der Waals surface area contributed by atoms with Gasteiger partial charge < -0.3 is 15.0 Å². The van der Waals surface area contributed by atoms with Crippen LogP contribution >= 0.6 is 23.2 Å². The highest BCUT2D eigenvalue weighted by molar-refractivity contribution is 6.35. The molecule has 0 aliphatic rings. The van der Waals surface area contributed by atoms with E-state index < -0.39 is 24.5 Å². The maximum Gasteiger partial charge on any atom is 0.387 e. The van der Waals surface area contributed by atoms with Crippen LogP contribution in [0, 0.1) is 5.82 Å². The van der Waals surface area contributed by atoms with Crippen LogP contribution in [0.3, 0.4) is 0 Å². The van der Waals surface area contributed by atoms with Gasteiger partial charge in [-0.05, 0) is 42.3 Å². The zero-order valence-corrected chi connectivity index (χ0v) is 16.0. The van der Waals surface area contributed by atoms with E-state index in [1.807, 2.05) is 0 Å². The zero-order valence-electron chi connectivity index (χ0n) is 14.5. The molecule has 0 fully saturated rings. The Morgan fingerprint density at radius 2 is 1.81 bits per heavy atom. The molecule has 27 heavy (non-hydrogen) atoms. The van der Waals surface area contributed by atoms with Gasteiger partial charge in [0.15, 0.2) is 0 Å². The molecule has 9 heteroatoms. The normalized spacial score (nSPS) is 12.0. The summed E-state index contributed by atoms with van der Waals surface area (Å²) in [5.74, 6) is -0.592. The molecule has 146 valence electrons. The number of benzene rings is 2. The molecule has 0 bridgehead atoms. The van der Waals surface area contributed by atoms with Crippen LogP contribution in [0.4, 0.5) is 18.0 Å². The van der Waals surface area contributed by atoms with Crippen molar-refractivity contribution in [3.05, 3.63) is 63.4 Å². The average Bonchev–Trinajstić information content (AvgIpc) is 2.59. The van der Waals surface area contributed by atoms with Gasteiger partial charge in [0.25, 0.3) is 0 Å². The Kier molecular flexibility index (Phi) is 7.21. The first-order chi connectivity index (χ1) is 12.7. The second-order valence-corrected chi connectivity index (χ2v) is 6.65. The van der Waals surface area contributed by atoms with Crippen LogP contribution in [-0.2, 0) is 6.54 Å². The number of carbonyl (C=O) groups is 1. The van der Waals surface area contributed by atoms with Gasteiger partial charge in [-0.3, -0.25) is 0 Å². The van der Waals surface area contributed by atoms with E-state index in [2.05, 4.69) is 10.1 Å². The summed E-state index contributed by atoms with van der Waals surface area (Å²) in [5, 5.41) is 2.85. The van der Waals surface area contributed by atoms with Crippen molar-refractivity contribution in [3.8, 4) is 5.75 Å². The van der Waals surface area contributed by atoms with Gasteiger partial charge in [-0.15, -0.1) is 0 Å². The van der Waals surface area contributed by atoms with Gasteiger partial charge in [0.2, 0.25) is 0 Å². The molecule has 0 aliphatic carbocycles. The monoisotopic (exact) mass is 420 g/mol. The Hall–Kier alpha value is -2.12. The summed E-state index contributed by atoms with van der Waals surface area (Å²) in [6.45, 7) is -0.997. The number of carbonyl (C=O) groups excluding carboxylic acids is 1. The summed E-state index contributed by atoms with van der Waals surface area (Å²) in [6, 6.07) is 7.44. The third kappa shape index (κ3) is 5.94. The molecule has 4 nitrogen and oxygen atoms in total. The van der Waals surface area contributed by atoms with E-state index >= 15 is 0 Å². The highest BCUT2D eigenvalue weighted by Gasteiger charge is 2.18. The molecule has 0 heterocycles. The average molecular weight is 421 g/mol. The van der Waals surface area contributed by atoms with Crippen molar-refractivity contribution in [2.45, 2.75) is 26.1 Å². The Balaban J connectivity index is 1.98. The van der Waals surface area contributed by atoms with Crippen molar-refractivity contribution >= 4 is 29.2 Å². The number of halogens is 5. The van der Waals surface area contributed by atoms with Crippen LogP contribution < -0.4 is 10.1 Å². The van der Waals surface area contributed by atoms with E-state index in [1.165, 1.54) is 29.2 Å². The van der Waals surface area contributed by atoms with Gasteiger partial charge >= 0.3 is 12.6 Å². The summed E-state index contributed by atoms with van der Waals surface area (Å²) in [4.78, 5) is 13.7. The lowest BCUT2D eigenvalue weighted by Crippen LogP contribution is -2.38. The third-order valence-electron chi connectivity index (χ3n) is 3.76. The molecule has 0 aliphatic heterocycles. The Bertz CT molecular complexity index is 804. The van der Waals surface area contributed by atoms with Crippen molar-refractivity contribution in [1.29, 1.82) is 0 Å². The van der Waals surface area contributed by atoms with E-state index in [1.54, 1.807) is 26.1 Å². The standard InChI is InChI=1S/C18H17Cl2F3N2O2/c1-10(13-7-16(21)15(20)8-14(13)19)24-18(26)25(2)9-11-3-5-12(6-4-11)27-17(22)23/h3-8,10,17H,9H2,1-2H3,(H,24,26). The fraction of sp³-hybridized carbons (Fsp3) is 0.278. The van der Waals surface area contributed by atoms with Crippen LogP contribution in [0.1, 0.15) is 24.1 Å². The lowest BCUT2D eigenvalue weighted by molar-refractivity contribution is -0.0498. The zero-order chi connectivity index (χ0) is 20.1. The molecule has 0 aromatic heterocycles. The summed E-state index contributed by atoms with van der Waals surface area (Å²) in [6.07, 6.45) is 0. The number of urea groups is 1. The number of nitrogens with one attached hydrogen (secondary N) is 1. The molecule has 2 aromatic carbocycles. The van der Waals surface area contributed by atoms with Gasteiger partial charge in [-0.1, -0.05) is 35.3 Å². The lowest BCUT2D eigenvalue weighted by Gasteiger charge is -2.22. The number of hydrogen-bond donors (Lipinski definition) is 1. The first kappa shape index (κ1) is 21.2. The highest BCUT2D eigenvalue weighted by Crippen LogP contribution is 2.28. The second kappa shape index (κ2) is 9.19. The molecule has 2 aromatic rings. The predicted octanol–water partition coefficient (Wildman–Crippen LogP) is 5.64. The van der Waals surface area contributed by atoms with Crippen molar-refractivity contribution in [1.82, 2.24) is 10.2 Å². The van der Waals surface area contributed by atoms with Crippen LogP contribution in [0.15, 0.2) is 36.4 Å². The molecule has 2 rings (SSSR count). The summed E-state index contributed by atoms with van der Waals surface area (Å²) < 4.78 is 42.2. The van der Waals surface area contributed by atoms with Gasteiger partial charge in [-0.2, -0.15) is 8.78 Å². The van der Waals surface area contributed by atoms with E-state index in [4.69, 9.17) is 23.2 Å². The maximum absolute atomic E-state index is 13.6. The molecule has 1 unspecified atom stereocenters. The van der Waals surface area contributed by atoms with E-state index in [9.17, 15) is 18.0 Å². The molecule has 1 atom stereocenters. The predicted molar refractivity (Wildman–Crippen MR) is 97.9 cm³/mol. The van der Waals surface area contributed by atoms with Crippen molar-refractivity contribution in [2.24, 2.45) is 0 Å².